The summed E-state index contributed by atoms with van der Waals surface area (Å²) in [5.41, 5.74) is 1.59. The molecule has 0 aliphatic rings. The van der Waals surface area contributed by atoms with E-state index in [9.17, 15) is 15.0 Å². The number of fused-ring (bicyclic) bond motifs is 1. The monoisotopic (exact) mass is 276 g/mol. The molecule has 0 amide bonds. The van der Waals surface area contributed by atoms with Crippen LogP contribution in [0, 0.1) is 0 Å². The van der Waals surface area contributed by atoms with Crippen LogP contribution in [-0.2, 0) is 6.54 Å². The van der Waals surface area contributed by atoms with Gasteiger partial charge in [-0.2, -0.15) is 0 Å². The first-order chi connectivity index (χ1) is 9.41. The van der Waals surface area contributed by atoms with Crippen molar-refractivity contribution < 1.29 is 15.0 Å². The van der Waals surface area contributed by atoms with Gasteiger partial charge in [-0.05, 0) is 25.5 Å². The molecule has 108 valence electrons. The molecular formula is C15H20N2O3. The highest BCUT2D eigenvalue weighted by Crippen LogP contribution is 2.25. The second-order valence-electron chi connectivity index (χ2n) is 5.39. The van der Waals surface area contributed by atoms with Crippen LogP contribution in [0.3, 0.4) is 0 Å². The summed E-state index contributed by atoms with van der Waals surface area (Å²) < 4.78 is 1.93. The molecule has 1 aromatic heterocycles. The predicted molar refractivity (Wildman–Crippen MR) is 77.1 cm³/mol. The summed E-state index contributed by atoms with van der Waals surface area (Å²) >= 11 is 0. The molecule has 5 nitrogen and oxygen atoms in total. The highest BCUT2D eigenvalue weighted by Gasteiger charge is 2.19. The lowest BCUT2D eigenvalue weighted by molar-refractivity contribution is 0.0698. The van der Waals surface area contributed by atoms with Gasteiger partial charge in [-0.3, -0.25) is 0 Å². The average molecular weight is 276 g/mol. The highest BCUT2D eigenvalue weighted by atomic mass is 16.4. The van der Waals surface area contributed by atoms with Crippen molar-refractivity contribution in [2.24, 2.45) is 0 Å². The first-order valence-electron chi connectivity index (χ1n) is 6.82. The molecule has 0 bridgehead atoms. The molecule has 5 heteroatoms. The number of aromatic nitrogens is 2. The van der Waals surface area contributed by atoms with Crippen LogP contribution >= 0.6 is 0 Å². The molecule has 0 spiro atoms. The topological polar surface area (TPSA) is 75.3 Å². The standard InChI is InChI=1S/C15H20N2O3/c1-9(2)14-16-12-6-4-5-11(15(19)20)13(12)17(14)8-7-10(3)18/h4-6,9-10,18H,7-8H2,1-3H3,(H,19,20). The fourth-order valence-corrected chi connectivity index (χ4v) is 2.36. The predicted octanol–water partition coefficient (Wildman–Crippen LogP) is 2.63. The largest absolute Gasteiger partial charge is 0.478 e. The molecular weight excluding hydrogens is 256 g/mol. The van der Waals surface area contributed by atoms with Crippen molar-refractivity contribution in [2.45, 2.75) is 45.8 Å². The van der Waals surface area contributed by atoms with E-state index in [-0.39, 0.29) is 11.5 Å². The van der Waals surface area contributed by atoms with Crippen LogP contribution in [0.5, 0.6) is 0 Å². The van der Waals surface area contributed by atoms with Crippen molar-refractivity contribution in [3.63, 3.8) is 0 Å². The molecule has 0 aliphatic heterocycles. The van der Waals surface area contributed by atoms with Gasteiger partial charge in [0.05, 0.1) is 22.7 Å². The van der Waals surface area contributed by atoms with Gasteiger partial charge in [-0.15, -0.1) is 0 Å². The molecule has 0 radical (unpaired) electrons. The van der Waals surface area contributed by atoms with E-state index in [1.54, 1.807) is 19.1 Å². The minimum atomic E-state index is -0.955. The van der Waals surface area contributed by atoms with Crippen LogP contribution in [0.2, 0.25) is 0 Å². The van der Waals surface area contributed by atoms with Crippen molar-refractivity contribution in [1.29, 1.82) is 0 Å². The number of aryl methyl sites for hydroxylation is 1. The quantitative estimate of drug-likeness (QED) is 0.880. The molecule has 1 atom stereocenters. The van der Waals surface area contributed by atoms with Crippen molar-refractivity contribution in [3.05, 3.63) is 29.6 Å². The summed E-state index contributed by atoms with van der Waals surface area (Å²) in [5.74, 6) is 0.0940. The van der Waals surface area contributed by atoms with Gasteiger partial charge in [0.2, 0.25) is 0 Å². The summed E-state index contributed by atoms with van der Waals surface area (Å²) in [6.45, 7) is 6.35. The number of carboxylic acid groups (broad SMARTS) is 1. The molecule has 0 aliphatic carbocycles. The first-order valence-corrected chi connectivity index (χ1v) is 6.82. The Labute approximate surface area is 117 Å². The van der Waals surface area contributed by atoms with Crippen LogP contribution in [0.25, 0.3) is 11.0 Å². The Bertz CT molecular complexity index is 629. The van der Waals surface area contributed by atoms with E-state index < -0.39 is 12.1 Å². The lowest BCUT2D eigenvalue weighted by Crippen LogP contribution is -2.12. The number of nitrogens with zero attached hydrogens (tertiary/aromatic N) is 2. The number of carboxylic acids is 1. The number of aliphatic hydroxyl groups is 1. The number of aliphatic hydroxyl groups excluding tert-OH is 1. The zero-order valence-electron chi connectivity index (χ0n) is 12.0. The maximum atomic E-state index is 11.4. The van der Waals surface area contributed by atoms with Crippen LogP contribution in [0.15, 0.2) is 18.2 Å². The van der Waals surface area contributed by atoms with Gasteiger partial charge in [-0.25, -0.2) is 9.78 Å². The summed E-state index contributed by atoms with van der Waals surface area (Å²) in [4.78, 5) is 15.9. The van der Waals surface area contributed by atoms with Gasteiger partial charge in [0, 0.05) is 12.5 Å². The number of hydrogen-bond acceptors (Lipinski definition) is 3. The van der Waals surface area contributed by atoms with Gasteiger partial charge in [-0.1, -0.05) is 19.9 Å². The van der Waals surface area contributed by atoms with Crippen LogP contribution in [-0.4, -0.2) is 31.8 Å². The number of benzene rings is 1. The SMILES string of the molecule is CC(O)CCn1c(C(C)C)nc2cccc(C(=O)O)c21. The Balaban J connectivity index is 2.64. The first kappa shape index (κ1) is 14.5. The van der Waals surface area contributed by atoms with Crippen LogP contribution in [0.4, 0.5) is 0 Å². The molecule has 1 aromatic carbocycles. The molecule has 0 saturated carbocycles. The maximum Gasteiger partial charge on any atom is 0.337 e. The van der Waals surface area contributed by atoms with Crippen molar-refractivity contribution in [3.8, 4) is 0 Å². The smallest absolute Gasteiger partial charge is 0.337 e. The average Bonchev–Trinajstić information content (AvgIpc) is 2.74. The number of aromatic carboxylic acids is 1. The maximum absolute atomic E-state index is 11.4. The van der Waals surface area contributed by atoms with Gasteiger partial charge < -0.3 is 14.8 Å². The summed E-state index contributed by atoms with van der Waals surface area (Å²) in [7, 11) is 0. The van der Waals surface area contributed by atoms with E-state index in [0.717, 1.165) is 5.82 Å². The number of para-hydroxylation sites is 1. The van der Waals surface area contributed by atoms with Crippen LogP contribution < -0.4 is 0 Å². The molecule has 2 rings (SSSR count). The van der Waals surface area contributed by atoms with Gasteiger partial charge in [0.25, 0.3) is 0 Å². The molecule has 0 saturated heterocycles. The van der Waals surface area contributed by atoms with E-state index in [1.165, 1.54) is 0 Å². The Morgan fingerprint density at radius 2 is 2.05 bits per heavy atom. The minimum absolute atomic E-state index is 0.193. The van der Waals surface area contributed by atoms with Gasteiger partial charge in [0.15, 0.2) is 0 Å². The number of carbonyl (C=O) groups is 1. The Morgan fingerprint density at radius 3 is 2.60 bits per heavy atom. The molecule has 1 unspecified atom stereocenters. The Hall–Kier alpha value is -1.88. The third kappa shape index (κ3) is 2.67. The molecule has 20 heavy (non-hydrogen) atoms. The lowest BCUT2D eigenvalue weighted by atomic mass is 10.1. The van der Waals surface area contributed by atoms with Crippen molar-refractivity contribution >= 4 is 17.0 Å². The van der Waals surface area contributed by atoms with E-state index >= 15 is 0 Å². The van der Waals surface area contributed by atoms with Gasteiger partial charge >= 0.3 is 5.97 Å². The van der Waals surface area contributed by atoms with Crippen molar-refractivity contribution in [1.82, 2.24) is 9.55 Å². The molecule has 1 heterocycles. The number of imidazole rings is 1. The van der Waals surface area contributed by atoms with E-state index in [0.29, 0.717) is 24.0 Å². The zero-order chi connectivity index (χ0) is 14.9. The molecule has 0 fully saturated rings. The molecule has 2 N–H and O–H groups in total. The minimum Gasteiger partial charge on any atom is -0.478 e. The fraction of sp³-hybridized carbons (Fsp3) is 0.467. The van der Waals surface area contributed by atoms with E-state index in [4.69, 9.17) is 0 Å². The summed E-state index contributed by atoms with van der Waals surface area (Å²) in [5, 5.41) is 18.8. The summed E-state index contributed by atoms with van der Waals surface area (Å²) in [6, 6.07) is 5.13. The zero-order valence-corrected chi connectivity index (χ0v) is 12.0. The normalized spacial score (nSPS) is 13.1. The third-order valence-electron chi connectivity index (χ3n) is 3.31. The van der Waals surface area contributed by atoms with Crippen molar-refractivity contribution in [2.75, 3.05) is 0 Å². The van der Waals surface area contributed by atoms with E-state index in [1.807, 2.05) is 24.5 Å². The second-order valence-corrected chi connectivity index (χ2v) is 5.39. The lowest BCUT2D eigenvalue weighted by Gasteiger charge is -2.13. The summed E-state index contributed by atoms with van der Waals surface area (Å²) in [6.07, 6.45) is 0.142. The number of rotatable bonds is 5. The highest BCUT2D eigenvalue weighted by molar-refractivity contribution is 6.01. The van der Waals surface area contributed by atoms with Gasteiger partial charge in [0.1, 0.15) is 5.82 Å². The van der Waals surface area contributed by atoms with Crippen LogP contribution in [0.1, 0.15) is 49.3 Å². The Morgan fingerprint density at radius 1 is 1.35 bits per heavy atom. The Kier molecular flexibility index (Phi) is 4.09. The number of hydrogen-bond donors (Lipinski definition) is 2. The van der Waals surface area contributed by atoms with E-state index in [2.05, 4.69) is 4.98 Å². The third-order valence-corrected chi connectivity index (χ3v) is 3.31. The molecule has 2 aromatic rings. The second kappa shape index (κ2) is 5.63. The fourth-order valence-electron chi connectivity index (χ4n) is 2.36.